The van der Waals surface area contributed by atoms with E-state index in [9.17, 15) is 0 Å². The molecule has 7 heteroatoms. The molecule has 0 saturated carbocycles. The number of aliphatic imine (C=N–C) groups is 1. The smallest absolute Gasteiger partial charge is 0.210 e. The Morgan fingerprint density at radius 2 is 2.06 bits per heavy atom. The second-order valence-corrected chi connectivity index (χ2v) is 8.16. The molecule has 2 aromatic carbocycles. The monoisotopic (exact) mass is 415 g/mol. The average molecular weight is 416 g/mol. The molecule has 0 aliphatic carbocycles. The van der Waals surface area contributed by atoms with E-state index in [1.165, 1.54) is 5.39 Å². The molecule has 2 aliphatic rings. The van der Waals surface area contributed by atoms with Crippen LogP contribution in [0.15, 0.2) is 71.5 Å². The molecule has 3 heterocycles. The maximum Gasteiger partial charge on any atom is 0.210 e. The Morgan fingerprint density at radius 3 is 2.94 bits per heavy atom. The number of allylic oxidation sites excluding steroid dienone is 1. The van der Waals surface area contributed by atoms with E-state index in [4.69, 9.17) is 5.73 Å². The fourth-order valence-electron chi connectivity index (χ4n) is 4.18. The molecule has 2 aliphatic heterocycles. The van der Waals surface area contributed by atoms with Crippen molar-refractivity contribution in [3.63, 3.8) is 0 Å². The first kappa shape index (κ1) is 19.8. The van der Waals surface area contributed by atoms with Crippen molar-refractivity contribution in [2.75, 3.05) is 32.8 Å². The van der Waals surface area contributed by atoms with Crippen molar-refractivity contribution in [1.82, 2.24) is 25.8 Å². The first-order chi connectivity index (χ1) is 15.2. The van der Waals surface area contributed by atoms with Gasteiger partial charge in [0.05, 0.1) is 0 Å². The Balaban J connectivity index is 1.26. The lowest BCUT2D eigenvalue weighted by Crippen LogP contribution is -2.52. The first-order valence-electron chi connectivity index (χ1n) is 10.9. The molecule has 160 valence electrons. The minimum Gasteiger partial charge on any atom is -0.372 e. The van der Waals surface area contributed by atoms with E-state index in [-0.39, 0.29) is 0 Å². The zero-order valence-electron chi connectivity index (χ0n) is 17.6. The van der Waals surface area contributed by atoms with Gasteiger partial charge in [-0.3, -0.25) is 10.6 Å². The van der Waals surface area contributed by atoms with Crippen molar-refractivity contribution in [2.45, 2.75) is 12.2 Å². The molecule has 5 rings (SSSR count). The zero-order chi connectivity index (χ0) is 21.1. The summed E-state index contributed by atoms with van der Waals surface area (Å²) in [6, 6.07) is 18.7. The topological polar surface area (TPSA) is 93.5 Å². The summed E-state index contributed by atoms with van der Waals surface area (Å²) in [4.78, 5) is 10.5. The van der Waals surface area contributed by atoms with Crippen LogP contribution in [0.1, 0.15) is 12.0 Å². The highest BCUT2D eigenvalue weighted by Gasteiger charge is 2.29. The van der Waals surface area contributed by atoms with Gasteiger partial charge in [0.2, 0.25) is 5.79 Å². The summed E-state index contributed by atoms with van der Waals surface area (Å²) in [5, 5.41) is 11.4. The summed E-state index contributed by atoms with van der Waals surface area (Å²) in [5.74, 6) is -0.106. The van der Waals surface area contributed by atoms with E-state index in [1.54, 1.807) is 6.21 Å². The second kappa shape index (κ2) is 8.55. The highest BCUT2D eigenvalue weighted by atomic mass is 15.3. The summed E-state index contributed by atoms with van der Waals surface area (Å²) in [6.45, 7) is 5.18. The van der Waals surface area contributed by atoms with Crippen LogP contribution in [0.5, 0.6) is 0 Å². The first-order valence-corrected chi connectivity index (χ1v) is 10.9. The van der Waals surface area contributed by atoms with E-state index in [0.717, 1.165) is 67.4 Å². The van der Waals surface area contributed by atoms with Crippen LogP contribution in [-0.4, -0.2) is 48.9 Å². The summed E-state index contributed by atoms with van der Waals surface area (Å²) < 4.78 is 0. The van der Waals surface area contributed by atoms with Crippen LogP contribution in [0.3, 0.4) is 0 Å². The maximum absolute atomic E-state index is 6.68. The quantitative estimate of drug-likeness (QED) is 0.382. The van der Waals surface area contributed by atoms with Crippen molar-refractivity contribution in [3.05, 3.63) is 72.1 Å². The molecule has 0 bridgehead atoms. The fraction of sp³-hybridized carbons (Fsp3) is 0.292. The van der Waals surface area contributed by atoms with Gasteiger partial charge in [0.1, 0.15) is 5.82 Å². The second-order valence-electron chi connectivity index (χ2n) is 8.16. The largest absolute Gasteiger partial charge is 0.372 e. The van der Waals surface area contributed by atoms with E-state index in [2.05, 4.69) is 67.2 Å². The number of H-pyrrole nitrogens is 1. The highest BCUT2D eigenvalue weighted by Crippen LogP contribution is 2.28. The summed E-state index contributed by atoms with van der Waals surface area (Å²) in [6.07, 6.45) is 4.79. The number of nitrogens with zero attached hydrogens (tertiary/aromatic N) is 2. The maximum atomic E-state index is 6.68. The van der Waals surface area contributed by atoms with Gasteiger partial charge in [-0.05, 0) is 36.3 Å². The number of hydrogen-bond donors (Lipinski definition) is 5. The van der Waals surface area contributed by atoms with Crippen molar-refractivity contribution in [2.24, 2.45) is 10.7 Å². The van der Waals surface area contributed by atoms with Gasteiger partial charge in [0, 0.05) is 61.2 Å². The minimum atomic E-state index is -1.00. The summed E-state index contributed by atoms with van der Waals surface area (Å²) in [5.41, 5.74) is 10.9. The third-order valence-electron chi connectivity index (χ3n) is 5.90. The van der Waals surface area contributed by atoms with Crippen LogP contribution in [0.4, 0.5) is 0 Å². The van der Waals surface area contributed by atoms with E-state index >= 15 is 0 Å². The number of aromatic amines is 1. The van der Waals surface area contributed by atoms with Gasteiger partial charge in [0.25, 0.3) is 0 Å². The van der Waals surface area contributed by atoms with Crippen LogP contribution in [0, 0.1) is 0 Å². The molecule has 1 saturated heterocycles. The normalized spacial score (nSPS) is 21.3. The third-order valence-corrected chi connectivity index (χ3v) is 5.90. The van der Waals surface area contributed by atoms with Crippen LogP contribution in [0.2, 0.25) is 0 Å². The number of hydrogen-bond acceptors (Lipinski definition) is 6. The molecule has 1 fully saturated rings. The Morgan fingerprint density at radius 1 is 1.13 bits per heavy atom. The van der Waals surface area contributed by atoms with Gasteiger partial charge >= 0.3 is 0 Å². The van der Waals surface area contributed by atoms with Gasteiger partial charge in [-0.15, -0.1) is 0 Å². The number of nitrogens with one attached hydrogen (secondary N) is 4. The van der Waals surface area contributed by atoms with Crippen molar-refractivity contribution in [1.29, 1.82) is 0 Å². The standard InChI is InChI=1S/C24H29N7/c25-24(28-11-9-23(30-24)27-10-4-13-31-14-12-26-17-31)20-7-3-6-18(15-20)22-16-19-5-1-2-8-21(19)29-22/h1-3,5-9,11,15-16,26-27,29-30H,4,10,12-14,17,25H2. The molecular formula is C24H29N7. The van der Waals surface area contributed by atoms with E-state index in [0.29, 0.717) is 0 Å². The Labute approximate surface area is 182 Å². The van der Waals surface area contributed by atoms with Gasteiger partial charge in [-0.2, -0.15) is 0 Å². The Bertz CT molecular complexity index is 1080. The van der Waals surface area contributed by atoms with Crippen molar-refractivity contribution in [3.8, 4) is 11.3 Å². The van der Waals surface area contributed by atoms with Crippen LogP contribution < -0.4 is 21.7 Å². The Kier molecular flexibility index (Phi) is 5.46. The molecule has 1 unspecified atom stereocenters. The van der Waals surface area contributed by atoms with Crippen LogP contribution >= 0.6 is 0 Å². The molecule has 0 amide bonds. The van der Waals surface area contributed by atoms with E-state index in [1.807, 2.05) is 24.3 Å². The average Bonchev–Trinajstić information content (AvgIpc) is 3.47. The predicted molar refractivity (Wildman–Crippen MR) is 126 cm³/mol. The molecular weight excluding hydrogens is 386 g/mol. The SMILES string of the molecule is NC1(c2cccc(-c3cc4ccccc4[nH]3)c2)N=CC=C(NCCCN2CCNC2)N1. The van der Waals surface area contributed by atoms with Crippen molar-refractivity contribution < 1.29 is 0 Å². The lowest BCUT2D eigenvalue weighted by molar-refractivity contribution is 0.325. The third kappa shape index (κ3) is 4.34. The fourth-order valence-corrected chi connectivity index (χ4v) is 4.18. The van der Waals surface area contributed by atoms with E-state index < -0.39 is 5.79 Å². The molecule has 31 heavy (non-hydrogen) atoms. The molecule has 0 spiro atoms. The number of fused-ring (bicyclic) bond motifs is 1. The van der Waals surface area contributed by atoms with Gasteiger partial charge < -0.3 is 20.9 Å². The highest BCUT2D eigenvalue weighted by molar-refractivity contribution is 5.85. The number of para-hydroxylation sites is 1. The molecule has 1 aromatic heterocycles. The van der Waals surface area contributed by atoms with Crippen molar-refractivity contribution >= 4 is 17.1 Å². The van der Waals surface area contributed by atoms with Crippen LogP contribution in [-0.2, 0) is 5.79 Å². The Hall–Kier alpha value is -3.13. The molecule has 7 nitrogen and oxygen atoms in total. The number of rotatable bonds is 7. The predicted octanol–water partition coefficient (Wildman–Crippen LogP) is 2.26. The lowest BCUT2D eigenvalue weighted by Gasteiger charge is -2.32. The summed E-state index contributed by atoms with van der Waals surface area (Å²) in [7, 11) is 0. The lowest BCUT2D eigenvalue weighted by atomic mass is 10.0. The minimum absolute atomic E-state index is 0.883. The van der Waals surface area contributed by atoms with Gasteiger partial charge in [-0.25, -0.2) is 4.99 Å². The van der Waals surface area contributed by atoms with Crippen LogP contribution in [0.25, 0.3) is 22.2 Å². The zero-order valence-corrected chi connectivity index (χ0v) is 17.6. The number of aromatic nitrogens is 1. The van der Waals surface area contributed by atoms with Gasteiger partial charge in [-0.1, -0.05) is 36.4 Å². The van der Waals surface area contributed by atoms with Gasteiger partial charge in [0.15, 0.2) is 0 Å². The molecule has 0 radical (unpaired) electrons. The number of nitrogens with two attached hydrogens (primary N) is 1. The molecule has 6 N–H and O–H groups in total. The molecule has 3 aromatic rings. The summed E-state index contributed by atoms with van der Waals surface area (Å²) >= 11 is 0. The molecule has 1 atom stereocenters. The number of benzene rings is 2.